The van der Waals surface area contributed by atoms with Crippen LogP contribution in [-0.2, 0) is 9.53 Å². The van der Waals surface area contributed by atoms with Gasteiger partial charge in [-0.1, -0.05) is 0 Å². The fourth-order valence-electron chi connectivity index (χ4n) is 1.95. The predicted molar refractivity (Wildman–Crippen MR) is 55.5 cm³/mol. The summed E-state index contributed by atoms with van der Waals surface area (Å²) >= 11 is 0. The molecule has 1 fully saturated rings. The fourth-order valence-corrected chi connectivity index (χ4v) is 1.95. The molecule has 0 amide bonds. The Bertz CT molecular complexity index is 380. The lowest BCUT2D eigenvalue weighted by Crippen LogP contribution is -2.24. The third kappa shape index (κ3) is 1.89. The summed E-state index contributed by atoms with van der Waals surface area (Å²) in [6, 6.07) is 1.77. The molecule has 0 radical (unpaired) electrons. The van der Waals surface area contributed by atoms with Crippen LogP contribution in [0.15, 0.2) is 6.07 Å². The number of nitrogens with zero attached hydrogens (tertiary/aromatic N) is 2. The van der Waals surface area contributed by atoms with E-state index in [0.717, 1.165) is 24.2 Å². The molecule has 1 aromatic rings. The summed E-state index contributed by atoms with van der Waals surface area (Å²) in [5, 5.41) is 4.36. The van der Waals surface area contributed by atoms with E-state index in [4.69, 9.17) is 4.74 Å². The van der Waals surface area contributed by atoms with E-state index in [1.165, 1.54) is 7.11 Å². The molecule has 1 aromatic heterocycles. The number of esters is 1. The van der Waals surface area contributed by atoms with Crippen molar-refractivity contribution in [1.29, 1.82) is 0 Å². The molecule has 1 saturated carbocycles. The molecule has 0 bridgehead atoms. The zero-order chi connectivity index (χ0) is 11.0. The number of hydrogen-bond donors (Lipinski definition) is 0. The summed E-state index contributed by atoms with van der Waals surface area (Å²) < 4.78 is 6.64. The van der Waals surface area contributed by atoms with Crippen LogP contribution in [0.25, 0.3) is 0 Å². The van der Waals surface area contributed by atoms with Crippen molar-refractivity contribution in [2.45, 2.75) is 32.7 Å². The van der Waals surface area contributed by atoms with E-state index >= 15 is 0 Å². The van der Waals surface area contributed by atoms with E-state index in [1.54, 1.807) is 4.68 Å². The Kier molecular flexibility index (Phi) is 2.50. The minimum Gasteiger partial charge on any atom is -0.467 e. The summed E-state index contributed by atoms with van der Waals surface area (Å²) in [5.41, 5.74) is 1.97. The molecule has 4 heteroatoms. The van der Waals surface area contributed by atoms with Gasteiger partial charge in [-0.3, -0.25) is 4.68 Å². The Balaban J connectivity index is 2.31. The van der Waals surface area contributed by atoms with Gasteiger partial charge >= 0.3 is 5.97 Å². The second-order valence-electron chi connectivity index (χ2n) is 4.18. The Morgan fingerprint density at radius 2 is 2.27 bits per heavy atom. The van der Waals surface area contributed by atoms with Crippen molar-refractivity contribution in [3.05, 3.63) is 17.5 Å². The van der Waals surface area contributed by atoms with Gasteiger partial charge in [0.1, 0.15) is 0 Å². The molecule has 0 spiro atoms. The van der Waals surface area contributed by atoms with E-state index in [9.17, 15) is 4.79 Å². The van der Waals surface area contributed by atoms with Crippen LogP contribution in [0.5, 0.6) is 0 Å². The molecule has 0 aromatic carbocycles. The third-order valence-electron chi connectivity index (χ3n) is 2.82. The first kappa shape index (κ1) is 10.2. The van der Waals surface area contributed by atoms with Crippen LogP contribution in [0.4, 0.5) is 0 Å². The van der Waals surface area contributed by atoms with Crippen LogP contribution in [0.3, 0.4) is 0 Å². The summed E-state index contributed by atoms with van der Waals surface area (Å²) in [5.74, 6) is 0.235. The maximum atomic E-state index is 11.7. The maximum absolute atomic E-state index is 11.7. The second kappa shape index (κ2) is 3.68. The highest BCUT2D eigenvalue weighted by Gasteiger charge is 2.39. The predicted octanol–water partition coefficient (Wildman–Crippen LogP) is 1.62. The van der Waals surface area contributed by atoms with Crippen LogP contribution in [0.2, 0.25) is 0 Å². The first-order valence-corrected chi connectivity index (χ1v) is 5.24. The number of ether oxygens (including phenoxy) is 1. The molecule has 4 nitrogen and oxygen atoms in total. The van der Waals surface area contributed by atoms with Crippen LogP contribution >= 0.6 is 0 Å². The average Bonchev–Trinajstić information content (AvgIpc) is 2.95. The molecule has 0 aliphatic heterocycles. The molecule has 0 N–H and O–H groups in total. The van der Waals surface area contributed by atoms with Gasteiger partial charge in [0.25, 0.3) is 0 Å². The minimum atomic E-state index is -0.219. The summed E-state index contributed by atoms with van der Waals surface area (Å²) in [6.07, 6.45) is 2.19. The first-order chi connectivity index (χ1) is 7.13. The van der Waals surface area contributed by atoms with Gasteiger partial charge in [0.05, 0.1) is 12.8 Å². The number of rotatable bonds is 3. The number of carbonyl (C=O) groups excluding carboxylic acids is 1. The molecule has 1 heterocycles. The Labute approximate surface area is 89.2 Å². The lowest BCUT2D eigenvalue weighted by atomic mass is 10.2. The standard InChI is InChI=1S/C11H16N2O2/c1-7-6-8(2)13(12-7)10(9-4-5-9)11(14)15-3/h6,9-10H,4-5H2,1-3H3. The lowest BCUT2D eigenvalue weighted by Gasteiger charge is -2.15. The molecule has 82 valence electrons. The van der Waals surface area contributed by atoms with E-state index in [1.807, 2.05) is 19.9 Å². The molecule has 1 atom stereocenters. The zero-order valence-corrected chi connectivity index (χ0v) is 9.36. The highest BCUT2D eigenvalue weighted by Crippen LogP contribution is 2.40. The van der Waals surface area contributed by atoms with Gasteiger partial charge in [-0.15, -0.1) is 0 Å². The number of aryl methyl sites for hydroxylation is 2. The molecule has 1 unspecified atom stereocenters. The average molecular weight is 208 g/mol. The van der Waals surface area contributed by atoms with Gasteiger partial charge in [-0.25, -0.2) is 4.79 Å². The Morgan fingerprint density at radius 3 is 2.67 bits per heavy atom. The van der Waals surface area contributed by atoms with Crippen molar-refractivity contribution in [2.24, 2.45) is 5.92 Å². The molecule has 15 heavy (non-hydrogen) atoms. The Hall–Kier alpha value is -1.32. The van der Waals surface area contributed by atoms with Crippen LogP contribution in [0, 0.1) is 19.8 Å². The van der Waals surface area contributed by atoms with Crippen molar-refractivity contribution in [3.8, 4) is 0 Å². The maximum Gasteiger partial charge on any atom is 0.330 e. The summed E-state index contributed by atoms with van der Waals surface area (Å²) in [6.45, 7) is 3.91. The van der Waals surface area contributed by atoms with E-state index < -0.39 is 0 Å². The van der Waals surface area contributed by atoms with Gasteiger partial charge in [0, 0.05) is 5.69 Å². The van der Waals surface area contributed by atoms with Gasteiger partial charge in [0.2, 0.25) is 0 Å². The van der Waals surface area contributed by atoms with Crippen molar-refractivity contribution >= 4 is 5.97 Å². The Morgan fingerprint density at radius 1 is 1.60 bits per heavy atom. The first-order valence-electron chi connectivity index (χ1n) is 5.24. The largest absolute Gasteiger partial charge is 0.467 e. The lowest BCUT2D eigenvalue weighted by molar-refractivity contribution is -0.145. The molecule has 1 aliphatic rings. The van der Waals surface area contributed by atoms with E-state index in [-0.39, 0.29) is 12.0 Å². The van der Waals surface area contributed by atoms with Crippen LogP contribution in [0.1, 0.15) is 30.3 Å². The highest BCUT2D eigenvalue weighted by atomic mass is 16.5. The van der Waals surface area contributed by atoms with Crippen molar-refractivity contribution in [2.75, 3.05) is 7.11 Å². The van der Waals surface area contributed by atoms with Crippen molar-refractivity contribution in [1.82, 2.24) is 9.78 Å². The topological polar surface area (TPSA) is 44.1 Å². The normalized spacial score (nSPS) is 17.5. The number of carbonyl (C=O) groups is 1. The SMILES string of the molecule is COC(=O)C(C1CC1)n1nc(C)cc1C. The summed E-state index contributed by atoms with van der Waals surface area (Å²) in [4.78, 5) is 11.7. The van der Waals surface area contributed by atoms with Gasteiger partial charge in [0.15, 0.2) is 6.04 Å². The number of methoxy groups -OCH3 is 1. The quantitative estimate of drug-likeness (QED) is 0.709. The van der Waals surface area contributed by atoms with Crippen LogP contribution < -0.4 is 0 Å². The van der Waals surface area contributed by atoms with E-state index in [2.05, 4.69) is 5.10 Å². The van der Waals surface area contributed by atoms with Crippen molar-refractivity contribution in [3.63, 3.8) is 0 Å². The van der Waals surface area contributed by atoms with Crippen molar-refractivity contribution < 1.29 is 9.53 Å². The number of hydrogen-bond acceptors (Lipinski definition) is 3. The van der Waals surface area contributed by atoms with Crippen LogP contribution in [-0.4, -0.2) is 22.9 Å². The monoisotopic (exact) mass is 208 g/mol. The molecule has 0 saturated heterocycles. The van der Waals surface area contributed by atoms with Gasteiger partial charge in [-0.2, -0.15) is 5.10 Å². The molecular formula is C11H16N2O2. The van der Waals surface area contributed by atoms with E-state index in [0.29, 0.717) is 5.92 Å². The van der Waals surface area contributed by atoms with Gasteiger partial charge < -0.3 is 4.74 Å². The second-order valence-corrected chi connectivity index (χ2v) is 4.18. The van der Waals surface area contributed by atoms with Gasteiger partial charge in [-0.05, 0) is 38.7 Å². The third-order valence-corrected chi connectivity index (χ3v) is 2.82. The highest BCUT2D eigenvalue weighted by molar-refractivity contribution is 5.74. The molecule has 2 rings (SSSR count). The number of aromatic nitrogens is 2. The molecular weight excluding hydrogens is 192 g/mol. The summed E-state index contributed by atoms with van der Waals surface area (Å²) in [7, 11) is 1.43. The zero-order valence-electron chi connectivity index (χ0n) is 9.36. The fraction of sp³-hybridized carbons (Fsp3) is 0.636. The minimum absolute atomic E-state index is 0.177. The smallest absolute Gasteiger partial charge is 0.330 e. The molecule has 1 aliphatic carbocycles.